The van der Waals surface area contributed by atoms with E-state index in [0.717, 1.165) is 38.2 Å². The second-order valence-corrected chi connectivity index (χ2v) is 8.67. The lowest BCUT2D eigenvalue weighted by molar-refractivity contribution is -0.126. The maximum atomic E-state index is 12.2. The highest BCUT2D eigenvalue weighted by Gasteiger charge is 2.25. The lowest BCUT2D eigenvalue weighted by Crippen LogP contribution is -2.41. The topological polar surface area (TPSA) is 82.9 Å². The first kappa shape index (κ1) is 19.0. The zero-order chi connectivity index (χ0) is 17.6. The van der Waals surface area contributed by atoms with Crippen LogP contribution >= 0.6 is 0 Å². The van der Waals surface area contributed by atoms with Gasteiger partial charge in [-0.2, -0.15) is 0 Å². The van der Waals surface area contributed by atoms with Crippen LogP contribution < -0.4 is 5.32 Å². The maximum Gasteiger partial charge on any atom is 0.223 e. The van der Waals surface area contributed by atoms with Gasteiger partial charge in [-0.3, -0.25) is 4.79 Å². The molecule has 0 atom stereocenters. The third kappa shape index (κ3) is 5.61. The number of carbonyl (C=O) groups is 1. The molecular weight excluding hydrogens is 330 g/mol. The number of carbonyl (C=O) groups excluding carboxylic acids is 1. The molecule has 0 saturated carbocycles. The molecule has 7 nitrogen and oxygen atoms in total. The SMILES string of the molecule is CN(C)S(=O)(=O)CCCN1CCC(C(=O)NCc2ccco2)CC1. The summed E-state index contributed by atoms with van der Waals surface area (Å²) in [6, 6.07) is 3.64. The second kappa shape index (κ2) is 8.64. The van der Waals surface area contributed by atoms with Crippen molar-refractivity contribution in [2.45, 2.75) is 25.8 Å². The Morgan fingerprint density at radius 3 is 2.67 bits per heavy atom. The van der Waals surface area contributed by atoms with Crippen molar-refractivity contribution >= 4 is 15.9 Å². The minimum absolute atomic E-state index is 0.0294. The number of hydrogen-bond donors (Lipinski definition) is 1. The van der Waals surface area contributed by atoms with Gasteiger partial charge in [0, 0.05) is 20.0 Å². The van der Waals surface area contributed by atoms with E-state index in [-0.39, 0.29) is 17.6 Å². The molecule has 1 fully saturated rings. The van der Waals surface area contributed by atoms with Crippen molar-refractivity contribution in [1.29, 1.82) is 0 Å². The van der Waals surface area contributed by atoms with Gasteiger partial charge < -0.3 is 14.6 Å². The summed E-state index contributed by atoms with van der Waals surface area (Å²) >= 11 is 0. The van der Waals surface area contributed by atoms with E-state index < -0.39 is 10.0 Å². The van der Waals surface area contributed by atoms with E-state index in [4.69, 9.17) is 4.42 Å². The predicted molar refractivity (Wildman–Crippen MR) is 91.8 cm³/mol. The summed E-state index contributed by atoms with van der Waals surface area (Å²) < 4.78 is 29.9. The van der Waals surface area contributed by atoms with Gasteiger partial charge in [0.1, 0.15) is 5.76 Å². The van der Waals surface area contributed by atoms with Crippen molar-refractivity contribution in [3.8, 4) is 0 Å². The third-order valence-corrected chi connectivity index (χ3v) is 6.33. The summed E-state index contributed by atoms with van der Waals surface area (Å²) in [6.07, 6.45) is 3.83. The molecule has 8 heteroatoms. The Bertz CT molecular complexity index is 605. The van der Waals surface area contributed by atoms with E-state index in [0.29, 0.717) is 13.0 Å². The molecule has 0 unspecified atom stereocenters. The van der Waals surface area contributed by atoms with Crippen molar-refractivity contribution in [3.05, 3.63) is 24.2 Å². The minimum atomic E-state index is -3.12. The quantitative estimate of drug-likeness (QED) is 0.747. The average molecular weight is 357 g/mol. The fraction of sp³-hybridized carbons (Fsp3) is 0.688. The monoisotopic (exact) mass is 357 g/mol. The number of sulfonamides is 1. The molecule has 1 amide bonds. The molecular formula is C16H27N3O4S. The normalized spacial score (nSPS) is 17.3. The number of nitrogens with zero attached hydrogens (tertiary/aromatic N) is 2. The maximum absolute atomic E-state index is 12.2. The van der Waals surface area contributed by atoms with Crippen LogP contribution in [0.1, 0.15) is 25.0 Å². The van der Waals surface area contributed by atoms with Crippen LogP contribution in [0.3, 0.4) is 0 Å². The van der Waals surface area contributed by atoms with E-state index in [2.05, 4.69) is 10.2 Å². The van der Waals surface area contributed by atoms with Gasteiger partial charge in [-0.05, 0) is 51.0 Å². The smallest absolute Gasteiger partial charge is 0.223 e. The van der Waals surface area contributed by atoms with E-state index >= 15 is 0 Å². The Hall–Kier alpha value is -1.38. The minimum Gasteiger partial charge on any atom is -0.467 e. The van der Waals surface area contributed by atoms with Crippen LogP contribution in [0.2, 0.25) is 0 Å². The van der Waals surface area contributed by atoms with Crippen molar-refractivity contribution in [2.75, 3.05) is 39.5 Å². The Balaban J connectivity index is 1.65. The fourth-order valence-electron chi connectivity index (χ4n) is 2.80. The van der Waals surface area contributed by atoms with Crippen LogP contribution in [0, 0.1) is 5.92 Å². The molecule has 2 rings (SSSR count). The molecule has 0 aliphatic carbocycles. The summed E-state index contributed by atoms with van der Waals surface area (Å²) in [4.78, 5) is 14.4. The molecule has 0 bridgehead atoms. The first-order valence-electron chi connectivity index (χ1n) is 8.31. The van der Waals surface area contributed by atoms with Gasteiger partial charge in [0.25, 0.3) is 0 Å². The van der Waals surface area contributed by atoms with Crippen molar-refractivity contribution in [2.24, 2.45) is 5.92 Å². The molecule has 2 heterocycles. The van der Waals surface area contributed by atoms with Gasteiger partial charge in [-0.15, -0.1) is 0 Å². The number of furan rings is 1. The highest BCUT2D eigenvalue weighted by atomic mass is 32.2. The van der Waals surface area contributed by atoms with Crippen molar-refractivity contribution < 1.29 is 17.6 Å². The molecule has 1 aliphatic rings. The Morgan fingerprint density at radius 2 is 2.08 bits per heavy atom. The zero-order valence-electron chi connectivity index (χ0n) is 14.4. The van der Waals surface area contributed by atoms with Crippen molar-refractivity contribution in [3.63, 3.8) is 0 Å². The van der Waals surface area contributed by atoms with Gasteiger partial charge >= 0.3 is 0 Å². The highest BCUT2D eigenvalue weighted by molar-refractivity contribution is 7.89. The number of rotatable bonds is 8. The van der Waals surface area contributed by atoms with E-state index in [9.17, 15) is 13.2 Å². The van der Waals surface area contributed by atoms with Gasteiger partial charge in [0.2, 0.25) is 15.9 Å². The van der Waals surface area contributed by atoms with Gasteiger partial charge in [-0.25, -0.2) is 12.7 Å². The standard InChI is InChI=1S/C16H27N3O4S/c1-18(2)24(21,22)12-4-8-19-9-6-14(7-10-19)16(20)17-13-15-5-3-11-23-15/h3,5,11,14H,4,6-10,12-13H2,1-2H3,(H,17,20). The zero-order valence-corrected chi connectivity index (χ0v) is 15.2. The van der Waals surface area contributed by atoms with E-state index in [1.54, 1.807) is 26.4 Å². The first-order valence-corrected chi connectivity index (χ1v) is 9.92. The molecule has 1 aliphatic heterocycles. The van der Waals surface area contributed by atoms with Crippen LogP contribution in [0.15, 0.2) is 22.8 Å². The molecule has 1 aromatic rings. The van der Waals surface area contributed by atoms with Gasteiger partial charge in [0.15, 0.2) is 0 Å². The molecule has 1 N–H and O–H groups in total. The molecule has 136 valence electrons. The summed E-state index contributed by atoms with van der Waals surface area (Å²) in [7, 11) is -0.00305. The highest BCUT2D eigenvalue weighted by Crippen LogP contribution is 2.18. The molecule has 1 saturated heterocycles. The lowest BCUT2D eigenvalue weighted by Gasteiger charge is -2.31. The van der Waals surface area contributed by atoms with E-state index in [1.165, 1.54) is 4.31 Å². The predicted octanol–water partition coefficient (Wildman–Crippen LogP) is 0.889. The number of amides is 1. The Labute approximate surface area is 144 Å². The van der Waals surface area contributed by atoms with Crippen LogP contribution in [0.25, 0.3) is 0 Å². The van der Waals surface area contributed by atoms with Crippen LogP contribution in [0.4, 0.5) is 0 Å². The summed E-state index contributed by atoms with van der Waals surface area (Å²) in [5.74, 6) is 1.02. The second-order valence-electron chi connectivity index (χ2n) is 6.37. The summed E-state index contributed by atoms with van der Waals surface area (Å²) in [5.41, 5.74) is 0. The van der Waals surface area contributed by atoms with Crippen molar-refractivity contribution in [1.82, 2.24) is 14.5 Å². The van der Waals surface area contributed by atoms with Gasteiger partial charge in [0.05, 0.1) is 18.6 Å². The van der Waals surface area contributed by atoms with Crippen LogP contribution in [-0.4, -0.2) is 63.0 Å². The van der Waals surface area contributed by atoms with Crippen LogP contribution in [-0.2, 0) is 21.4 Å². The summed E-state index contributed by atoms with van der Waals surface area (Å²) in [5, 5.41) is 2.91. The first-order chi connectivity index (χ1) is 11.4. The lowest BCUT2D eigenvalue weighted by atomic mass is 9.96. The number of hydrogen-bond acceptors (Lipinski definition) is 5. The van der Waals surface area contributed by atoms with Gasteiger partial charge in [-0.1, -0.05) is 0 Å². The third-order valence-electron chi connectivity index (χ3n) is 4.41. The fourth-order valence-corrected chi connectivity index (χ4v) is 3.66. The number of likely N-dealkylation sites (tertiary alicyclic amines) is 1. The molecule has 1 aromatic heterocycles. The largest absolute Gasteiger partial charge is 0.467 e. The molecule has 24 heavy (non-hydrogen) atoms. The number of nitrogens with one attached hydrogen (secondary N) is 1. The number of piperidine rings is 1. The van der Waals surface area contributed by atoms with E-state index in [1.807, 2.05) is 6.07 Å². The molecule has 0 spiro atoms. The molecule has 0 aromatic carbocycles. The summed E-state index contributed by atoms with van der Waals surface area (Å²) in [6.45, 7) is 2.85. The Kier molecular flexibility index (Phi) is 6.82. The Morgan fingerprint density at radius 1 is 1.38 bits per heavy atom. The van der Waals surface area contributed by atoms with Crippen LogP contribution in [0.5, 0.6) is 0 Å². The molecule has 0 radical (unpaired) electrons. The average Bonchev–Trinajstić information content (AvgIpc) is 3.06.